The molecule has 126 valence electrons. The van der Waals surface area contributed by atoms with Crippen molar-refractivity contribution in [3.8, 4) is 11.5 Å². The number of hydrogen-bond acceptors (Lipinski definition) is 4. The van der Waals surface area contributed by atoms with Crippen molar-refractivity contribution in [2.45, 2.75) is 13.5 Å². The van der Waals surface area contributed by atoms with Crippen molar-refractivity contribution in [1.29, 1.82) is 0 Å². The molecule has 0 fully saturated rings. The molecule has 25 heavy (non-hydrogen) atoms. The molecule has 6 heteroatoms. The van der Waals surface area contributed by atoms with Gasteiger partial charge in [0.2, 0.25) is 0 Å². The number of ether oxygens (including phenoxy) is 1. The van der Waals surface area contributed by atoms with E-state index in [2.05, 4.69) is 15.3 Å². The van der Waals surface area contributed by atoms with Crippen LogP contribution in [0.1, 0.15) is 21.7 Å². The molecule has 0 spiro atoms. The van der Waals surface area contributed by atoms with Gasteiger partial charge in [-0.25, -0.2) is 4.98 Å². The molecule has 1 amide bonds. The zero-order chi connectivity index (χ0) is 17.6. The Hall–Kier alpha value is -2.92. The van der Waals surface area contributed by atoms with Crippen molar-refractivity contribution < 1.29 is 9.53 Å². The fourth-order valence-corrected chi connectivity index (χ4v) is 2.42. The summed E-state index contributed by atoms with van der Waals surface area (Å²) in [5, 5.41) is 3.31. The molecule has 1 N–H and O–H groups in total. The van der Waals surface area contributed by atoms with Crippen LogP contribution in [0.4, 0.5) is 0 Å². The first kappa shape index (κ1) is 16.9. The van der Waals surface area contributed by atoms with Crippen LogP contribution in [0, 0.1) is 6.92 Å². The number of hydrogen-bond donors (Lipinski definition) is 1. The second-order valence-electron chi connectivity index (χ2n) is 5.36. The molecule has 3 aromatic rings. The molecule has 0 unspecified atom stereocenters. The standard InChI is InChI=1S/C19H16ClN3O2/c1-13-10-22-17(12-21-13)19(24)23-11-15-16(20)8-5-9-18(15)25-14-6-3-2-4-7-14/h2-10,12H,11H2,1H3,(H,23,24). The highest BCUT2D eigenvalue weighted by atomic mass is 35.5. The Kier molecular flexibility index (Phi) is 5.26. The number of nitrogens with one attached hydrogen (secondary N) is 1. The first-order valence-corrected chi connectivity index (χ1v) is 8.08. The average Bonchev–Trinajstić information content (AvgIpc) is 2.62. The molecule has 0 aliphatic carbocycles. The van der Waals surface area contributed by atoms with Gasteiger partial charge in [-0.05, 0) is 31.2 Å². The Morgan fingerprint density at radius 3 is 2.60 bits per heavy atom. The first-order valence-electron chi connectivity index (χ1n) is 7.70. The van der Waals surface area contributed by atoms with Gasteiger partial charge in [-0.2, -0.15) is 0 Å². The lowest BCUT2D eigenvalue weighted by atomic mass is 10.2. The van der Waals surface area contributed by atoms with Gasteiger partial charge in [0.1, 0.15) is 17.2 Å². The lowest BCUT2D eigenvalue weighted by Crippen LogP contribution is -2.24. The van der Waals surface area contributed by atoms with Crippen molar-refractivity contribution >= 4 is 17.5 Å². The molecular formula is C19H16ClN3O2. The molecule has 0 aliphatic rings. The number of rotatable bonds is 5. The lowest BCUT2D eigenvalue weighted by molar-refractivity contribution is 0.0945. The third-order valence-electron chi connectivity index (χ3n) is 3.49. The van der Waals surface area contributed by atoms with Crippen molar-refractivity contribution in [2.24, 2.45) is 0 Å². The first-order chi connectivity index (χ1) is 12.1. The molecule has 0 radical (unpaired) electrons. The van der Waals surface area contributed by atoms with E-state index in [0.29, 0.717) is 22.1 Å². The van der Waals surface area contributed by atoms with E-state index in [0.717, 1.165) is 5.69 Å². The Bertz CT molecular complexity index is 868. The van der Waals surface area contributed by atoms with Gasteiger partial charge in [0.15, 0.2) is 0 Å². The van der Waals surface area contributed by atoms with E-state index in [4.69, 9.17) is 16.3 Å². The Morgan fingerprint density at radius 2 is 1.88 bits per heavy atom. The number of benzene rings is 2. The van der Waals surface area contributed by atoms with Crippen molar-refractivity contribution in [2.75, 3.05) is 0 Å². The van der Waals surface area contributed by atoms with E-state index in [1.807, 2.05) is 43.3 Å². The van der Waals surface area contributed by atoms with Gasteiger partial charge in [-0.15, -0.1) is 0 Å². The van der Waals surface area contributed by atoms with Crippen molar-refractivity contribution in [3.63, 3.8) is 0 Å². The zero-order valence-corrected chi connectivity index (χ0v) is 14.3. The molecular weight excluding hydrogens is 338 g/mol. The number of aromatic nitrogens is 2. The Balaban J connectivity index is 1.75. The number of halogens is 1. The average molecular weight is 354 g/mol. The summed E-state index contributed by atoms with van der Waals surface area (Å²) in [5.41, 5.74) is 1.70. The number of amides is 1. The smallest absolute Gasteiger partial charge is 0.271 e. The van der Waals surface area contributed by atoms with E-state index in [-0.39, 0.29) is 18.1 Å². The minimum absolute atomic E-state index is 0.218. The quantitative estimate of drug-likeness (QED) is 0.748. The summed E-state index contributed by atoms with van der Waals surface area (Å²) in [6.45, 7) is 2.03. The molecule has 0 atom stereocenters. The van der Waals surface area contributed by atoms with Gasteiger partial charge in [0.25, 0.3) is 5.91 Å². The van der Waals surface area contributed by atoms with Crippen LogP contribution in [-0.2, 0) is 6.54 Å². The predicted octanol–water partition coefficient (Wildman–Crippen LogP) is 4.16. The van der Waals surface area contributed by atoms with E-state index >= 15 is 0 Å². The molecule has 2 aromatic carbocycles. The fraction of sp³-hybridized carbons (Fsp3) is 0.105. The normalized spacial score (nSPS) is 10.3. The van der Waals surface area contributed by atoms with Crippen LogP contribution >= 0.6 is 11.6 Å². The second kappa shape index (κ2) is 7.77. The van der Waals surface area contributed by atoms with Crippen LogP contribution in [0.2, 0.25) is 5.02 Å². The molecule has 0 bridgehead atoms. The van der Waals surface area contributed by atoms with E-state index in [1.54, 1.807) is 18.3 Å². The number of carbonyl (C=O) groups is 1. The molecule has 1 heterocycles. The summed E-state index contributed by atoms with van der Waals surface area (Å²) in [4.78, 5) is 20.3. The molecule has 3 rings (SSSR count). The van der Waals surface area contributed by atoms with Crippen LogP contribution in [0.3, 0.4) is 0 Å². The van der Waals surface area contributed by atoms with Gasteiger partial charge < -0.3 is 10.1 Å². The number of carbonyl (C=O) groups excluding carboxylic acids is 1. The SMILES string of the molecule is Cc1cnc(C(=O)NCc2c(Cl)cccc2Oc2ccccc2)cn1. The summed E-state index contributed by atoms with van der Waals surface area (Å²) >= 11 is 6.29. The van der Waals surface area contributed by atoms with Gasteiger partial charge in [-0.1, -0.05) is 35.9 Å². The Labute approximate surface area is 150 Å². The minimum Gasteiger partial charge on any atom is -0.457 e. The maximum atomic E-state index is 12.2. The lowest BCUT2D eigenvalue weighted by Gasteiger charge is -2.13. The monoisotopic (exact) mass is 353 g/mol. The van der Waals surface area contributed by atoms with E-state index in [9.17, 15) is 4.79 Å². The molecule has 0 saturated heterocycles. The van der Waals surface area contributed by atoms with Gasteiger partial charge in [-0.3, -0.25) is 9.78 Å². The molecule has 0 saturated carbocycles. The largest absolute Gasteiger partial charge is 0.457 e. The van der Waals surface area contributed by atoms with Crippen LogP contribution in [-0.4, -0.2) is 15.9 Å². The highest BCUT2D eigenvalue weighted by molar-refractivity contribution is 6.31. The summed E-state index contributed by atoms with van der Waals surface area (Å²) in [7, 11) is 0. The topological polar surface area (TPSA) is 64.1 Å². The summed E-state index contributed by atoms with van der Waals surface area (Å²) in [5.74, 6) is 0.966. The summed E-state index contributed by atoms with van der Waals surface area (Å²) in [6.07, 6.45) is 2.99. The van der Waals surface area contributed by atoms with Crippen LogP contribution < -0.4 is 10.1 Å². The molecule has 1 aromatic heterocycles. The number of nitrogens with zero attached hydrogens (tertiary/aromatic N) is 2. The third kappa shape index (κ3) is 4.33. The van der Waals surface area contributed by atoms with Crippen LogP contribution in [0.15, 0.2) is 60.9 Å². The number of para-hydroxylation sites is 1. The zero-order valence-electron chi connectivity index (χ0n) is 13.6. The molecule has 5 nitrogen and oxygen atoms in total. The molecule has 0 aliphatic heterocycles. The Morgan fingerprint density at radius 1 is 1.08 bits per heavy atom. The van der Waals surface area contributed by atoms with Crippen LogP contribution in [0.25, 0.3) is 0 Å². The van der Waals surface area contributed by atoms with Gasteiger partial charge in [0, 0.05) is 23.3 Å². The highest BCUT2D eigenvalue weighted by Gasteiger charge is 2.13. The third-order valence-corrected chi connectivity index (χ3v) is 3.84. The van der Waals surface area contributed by atoms with E-state index in [1.165, 1.54) is 6.20 Å². The van der Waals surface area contributed by atoms with Crippen molar-refractivity contribution in [3.05, 3.63) is 82.9 Å². The summed E-state index contributed by atoms with van der Waals surface area (Å²) < 4.78 is 5.88. The minimum atomic E-state index is -0.321. The second-order valence-corrected chi connectivity index (χ2v) is 5.76. The number of aryl methyl sites for hydroxylation is 1. The van der Waals surface area contributed by atoms with E-state index < -0.39 is 0 Å². The van der Waals surface area contributed by atoms with Gasteiger partial charge >= 0.3 is 0 Å². The van der Waals surface area contributed by atoms with Crippen LogP contribution in [0.5, 0.6) is 11.5 Å². The summed E-state index contributed by atoms with van der Waals surface area (Å²) in [6, 6.07) is 14.8. The maximum Gasteiger partial charge on any atom is 0.271 e. The fourth-order valence-electron chi connectivity index (χ4n) is 2.19. The van der Waals surface area contributed by atoms with Gasteiger partial charge in [0.05, 0.1) is 11.9 Å². The van der Waals surface area contributed by atoms with Crippen molar-refractivity contribution in [1.82, 2.24) is 15.3 Å². The predicted molar refractivity (Wildman–Crippen MR) is 95.9 cm³/mol. The maximum absolute atomic E-state index is 12.2. The highest BCUT2D eigenvalue weighted by Crippen LogP contribution is 2.30.